The van der Waals surface area contributed by atoms with Crippen LogP contribution < -0.4 is 0 Å². The number of hydrogen-bond donors (Lipinski definition) is 1. The van der Waals surface area contributed by atoms with Crippen molar-refractivity contribution in [2.24, 2.45) is 0 Å². The topological polar surface area (TPSA) is 54.4 Å². The summed E-state index contributed by atoms with van der Waals surface area (Å²) in [4.78, 5) is 0. The summed E-state index contributed by atoms with van der Waals surface area (Å²) < 4.78 is 31.3. The molecule has 1 aliphatic rings. The van der Waals surface area contributed by atoms with Crippen molar-refractivity contribution < 1.29 is 13.0 Å². The first-order chi connectivity index (χ1) is 10.0. The highest BCUT2D eigenvalue weighted by Crippen LogP contribution is 2.34. The van der Waals surface area contributed by atoms with Crippen molar-refractivity contribution in [1.29, 1.82) is 0 Å². The lowest BCUT2D eigenvalue weighted by Crippen LogP contribution is -2.17. The molecule has 1 fully saturated rings. The second kappa shape index (κ2) is 7.23. The molecule has 2 rings (SSSR count). The largest absolute Gasteiger partial charge is 0.285 e. The summed E-state index contributed by atoms with van der Waals surface area (Å²) in [5.41, 5.74) is 2.66. The van der Waals surface area contributed by atoms with E-state index in [0.29, 0.717) is 12.3 Å². The molecule has 3 nitrogen and oxygen atoms in total. The van der Waals surface area contributed by atoms with Crippen LogP contribution in [-0.2, 0) is 16.5 Å². The van der Waals surface area contributed by atoms with Gasteiger partial charge in [-0.2, -0.15) is 8.42 Å². The van der Waals surface area contributed by atoms with E-state index >= 15 is 0 Å². The minimum atomic E-state index is -4.01. The van der Waals surface area contributed by atoms with E-state index in [-0.39, 0.29) is 0 Å². The molecule has 0 aliphatic heterocycles. The third-order valence-electron chi connectivity index (χ3n) is 4.38. The van der Waals surface area contributed by atoms with Gasteiger partial charge in [0.25, 0.3) is 10.1 Å². The average Bonchev–Trinajstić information content (AvgIpc) is 2.97. The number of rotatable bonds is 7. The summed E-state index contributed by atoms with van der Waals surface area (Å²) in [6.45, 7) is 3.48. The zero-order chi connectivity index (χ0) is 15.3. The summed E-state index contributed by atoms with van der Waals surface area (Å²) in [5, 5.41) is -0.851. The fraction of sp³-hybridized carbons (Fsp3) is 0.529. The normalized spacial score (nSPS) is 17.8. The van der Waals surface area contributed by atoms with Gasteiger partial charge in [-0.05, 0) is 49.1 Å². The molecule has 0 saturated heterocycles. The van der Waals surface area contributed by atoms with Crippen LogP contribution in [0.25, 0.3) is 0 Å². The van der Waals surface area contributed by atoms with Crippen molar-refractivity contribution in [2.75, 3.05) is 0 Å². The van der Waals surface area contributed by atoms with Gasteiger partial charge in [0.15, 0.2) is 0 Å². The number of benzene rings is 1. The van der Waals surface area contributed by atoms with Gasteiger partial charge in [0.2, 0.25) is 0 Å². The van der Waals surface area contributed by atoms with Crippen molar-refractivity contribution in [3.8, 4) is 0 Å². The molecule has 1 atom stereocenters. The average molecular weight is 308 g/mol. The maximum atomic E-state index is 11.1. The van der Waals surface area contributed by atoms with Gasteiger partial charge >= 0.3 is 0 Å². The number of hydrogen-bond acceptors (Lipinski definition) is 2. The molecule has 0 aromatic heterocycles. The fourth-order valence-electron chi connectivity index (χ4n) is 3.16. The zero-order valence-corrected chi connectivity index (χ0v) is 13.2. The van der Waals surface area contributed by atoms with Gasteiger partial charge < -0.3 is 0 Å². The highest BCUT2D eigenvalue weighted by molar-refractivity contribution is 7.86. The summed E-state index contributed by atoms with van der Waals surface area (Å²) in [5.74, 6) is 0.698. The Labute approximate surface area is 127 Å². The quantitative estimate of drug-likeness (QED) is 0.609. The third kappa shape index (κ3) is 4.68. The van der Waals surface area contributed by atoms with Gasteiger partial charge in [0.05, 0.1) is 0 Å². The van der Waals surface area contributed by atoms with Crippen molar-refractivity contribution in [2.45, 2.75) is 56.1 Å². The van der Waals surface area contributed by atoms with Gasteiger partial charge in [-0.15, -0.1) is 6.58 Å². The van der Waals surface area contributed by atoms with Crippen LogP contribution in [-0.4, -0.2) is 18.2 Å². The summed E-state index contributed by atoms with van der Waals surface area (Å²) >= 11 is 0. The molecule has 0 spiro atoms. The van der Waals surface area contributed by atoms with Crippen LogP contribution in [0.4, 0.5) is 0 Å². The summed E-state index contributed by atoms with van der Waals surface area (Å²) in [6.07, 6.45) is 8.50. The van der Waals surface area contributed by atoms with E-state index in [4.69, 9.17) is 4.55 Å². The van der Waals surface area contributed by atoms with Gasteiger partial charge in [-0.25, -0.2) is 0 Å². The minimum Gasteiger partial charge on any atom is -0.285 e. The summed E-state index contributed by atoms with van der Waals surface area (Å²) in [7, 11) is -4.01. The maximum absolute atomic E-state index is 11.1. The van der Waals surface area contributed by atoms with E-state index in [1.807, 2.05) is 0 Å². The Bertz CT molecular complexity index is 571. The van der Waals surface area contributed by atoms with E-state index < -0.39 is 15.4 Å². The lowest BCUT2D eigenvalue weighted by atomic mass is 9.94. The molecule has 0 radical (unpaired) electrons. The molecule has 0 amide bonds. The van der Waals surface area contributed by atoms with Crippen LogP contribution in [0, 0.1) is 0 Å². The van der Waals surface area contributed by atoms with Crippen LogP contribution in [0.5, 0.6) is 0 Å². The number of aryl methyl sites for hydroxylation is 1. The predicted molar refractivity (Wildman–Crippen MR) is 86.1 cm³/mol. The molecule has 1 aromatic rings. The van der Waals surface area contributed by atoms with Crippen molar-refractivity contribution >= 4 is 10.1 Å². The fourth-order valence-corrected chi connectivity index (χ4v) is 3.87. The van der Waals surface area contributed by atoms with E-state index in [2.05, 4.69) is 30.8 Å². The van der Waals surface area contributed by atoms with E-state index in [1.165, 1.54) is 42.9 Å². The second-order valence-corrected chi connectivity index (χ2v) is 7.54. The van der Waals surface area contributed by atoms with Gasteiger partial charge in [-0.3, -0.25) is 4.55 Å². The lowest BCUT2D eigenvalue weighted by molar-refractivity contribution is 0.470. The van der Waals surface area contributed by atoms with E-state index in [0.717, 1.165) is 12.8 Å². The van der Waals surface area contributed by atoms with Crippen LogP contribution >= 0.6 is 0 Å². The molecule has 21 heavy (non-hydrogen) atoms. The van der Waals surface area contributed by atoms with Gasteiger partial charge in [0, 0.05) is 0 Å². The van der Waals surface area contributed by atoms with Crippen LogP contribution in [0.3, 0.4) is 0 Å². The summed E-state index contributed by atoms with van der Waals surface area (Å²) in [6, 6.07) is 8.64. The van der Waals surface area contributed by atoms with E-state index in [1.54, 1.807) is 0 Å². The molecule has 4 heteroatoms. The maximum Gasteiger partial charge on any atom is 0.271 e. The Hall–Kier alpha value is -1.13. The molecule has 1 aliphatic carbocycles. The van der Waals surface area contributed by atoms with Crippen molar-refractivity contribution in [3.05, 3.63) is 48.0 Å². The molecule has 1 saturated carbocycles. The highest BCUT2D eigenvalue weighted by Gasteiger charge is 2.19. The zero-order valence-electron chi connectivity index (χ0n) is 12.4. The molecule has 0 bridgehead atoms. The minimum absolute atomic E-state index is 0.413. The SMILES string of the molecule is C=CC(CCCc1cccc(C2CCCC2)c1)S(=O)(=O)O. The van der Waals surface area contributed by atoms with Gasteiger partial charge in [-0.1, -0.05) is 43.2 Å². The van der Waals surface area contributed by atoms with Gasteiger partial charge in [0.1, 0.15) is 5.25 Å². The standard InChI is InChI=1S/C17H24O3S/c1-2-17(21(18,19)20)12-6-8-14-7-5-11-16(13-14)15-9-3-4-10-15/h2,5,7,11,13,15,17H,1,3-4,6,8-10,12H2,(H,18,19,20). The smallest absolute Gasteiger partial charge is 0.271 e. The van der Waals surface area contributed by atoms with Crippen LogP contribution in [0.15, 0.2) is 36.9 Å². The lowest BCUT2D eigenvalue weighted by Gasteiger charge is -2.12. The molecule has 0 heterocycles. The van der Waals surface area contributed by atoms with E-state index in [9.17, 15) is 8.42 Å². The first-order valence-corrected chi connectivity index (χ1v) is 9.18. The molecular weight excluding hydrogens is 284 g/mol. The van der Waals surface area contributed by atoms with Crippen molar-refractivity contribution in [1.82, 2.24) is 0 Å². The highest BCUT2D eigenvalue weighted by atomic mass is 32.2. The monoisotopic (exact) mass is 308 g/mol. The molecular formula is C17H24O3S. The Morgan fingerprint density at radius 3 is 2.67 bits per heavy atom. The first-order valence-electron chi connectivity index (χ1n) is 7.68. The second-order valence-electron chi connectivity index (χ2n) is 5.91. The third-order valence-corrected chi connectivity index (χ3v) is 5.57. The Morgan fingerprint density at radius 2 is 2.05 bits per heavy atom. The molecule has 116 valence electrons. The predicted octanol–water partition coefficient (Wildman–Crippen LogP) is 4.11. The Kier molecular flexibility index (Phi) is 5.59. The molecule has 1 N–H and O–H groups in total. The first kappa shape index (κ1) is 16.2. The van der Waals surface area contributed by atoms with Crippen LogP contribution in [0.2, 0.25) is 0 Å². The molecule has 1 unspecified atom stereocenters. The van der Waals surface area contributed by atoms with Crippen molar-refractivity contribution in [3.63, 3.8) is 0 Å². The van der Waals surface area contributed by atoms with Crippen LogP contribution in [0.1, 0.15) is 55.6 Å². The Morgan fingerprint density at radius 1 is 1.33 bits per heavy atom. The Balaban J connectivity index is 1.91. The molecule has 1 aromatic carbocycles.